The molecule has 2 N–H and O–H groups in total. The van der Waals surface area contributed by atoms with Crippen molar-refractivity contribution >= 4 is 0 Å². The molecule has 3 heteroatoms. The van der Waals surface area contributed by atoms with Crippen molar-refractivity contribution in [3.63, 3.8) is 0 Å². The van der Waals surface area contributed by atoms with Gasteiger partial charge in [0.05, 0.1) is 0 Å². The van der Waals surface area contributed by atoms with E-state index in [0.717, 1.165) is 12.0 Å². The second kappa shape index (κ2) is 6.58. The highest BCUT2D eigenvalue weighted by Gasteiger charge is 2.35. The van der Waals surface area contributed by atoms with E-state index in [0.29, 0.717) is 0 Å². The summed E-state index contributed by atoms with van der Waals surface area (Å²) in [7, 11) is 0. The molecule has 94 valence electrons. The van der Waals surface area contributed by atoms with E-state index in [9.17, 15) is 0 Å². The molecular weight excluding hydrogens is 198 g/mol. The summed E-state index contributed by atoms with van der Waals surface area (Å²) in [6.45, 7) is 9.58. The molecule has 3 nitrogen and oxygen atoms in total. The quantitative estimate of drug-likeness (QED) is 0.708. The SMILES string of the molecule is CCCC1CC1NCCN1CCCNCC1. The number of nitrogens with one attached hydrogen (secondary N) is 2. The zero-order valence-corrected chi connectivity index (χ0v) is 10.7. The average molecular weight is 225 g/mol. The van der Waals surface area contributed by atoms with Crippen molar-refractivity contribution in [1.82, 2.24) is 15.5 Å². The molecule has 2 fully saturated rings. The summed E-state index contributed by atoms with van der Waals surface area (Å²) in [5, 5.41) is 7.15. The first-order valence-electron chi connectivity index (χ1n) is 7.06. The van der Waals surface area contributed by atoms with Gasteiger partial charge in [-0.25, -0.2) is 0 Å². The summed E-state index contributed by atoms with van der Waals surface area (Å²) in [5.41, 5.74) is 0. The van der Waals surface area contributed by atoms with Crippen molar-refractivity contribution in [3.05, 3.63) is 0 Å². The average Bonchev–Trinajstić information content (AvgIpc) is 3.04. The Morgan fingerprint density at radius 2 is 2.25 bits per heavy atom. The molecule has 16 heavy (non-hydrogen) atoms. The second-order valence-corrected chi connectivity index (χ2v) is 5.29. The lowest BCUT2D eigenvalue weighted by molar-refractivity contribution is 0.290. The minimum Gasteiger partial charge on any atom is -0.315 e. The molecule has 0 amide bonds. The van der Waals surface area contributed by atoms with Crippen LogP contribution < -0.4 is 10.6 Å². The molecule has 2 aliphatic rings. The van der Waals surface area contributed by atoms with Gasteiger partial charge >= 0.3 is 0 Å². The van der Waals surface area contributed by atoms with Crippen LogP contribution in [0.2, 0.25) is 0 Å². The fourth-order valence-electron chi connectivity index (χ4n) is 2.72. The molecule has 1 aliphatic heterocycles. The van der Waals surface area contributed by atoms with Crippen molar-refractivity contribution in [2.24, 2.45) is 5.92 Å². The van der Waals surface area contributed by atoms with Crippen LogP contribution in [0.5, 0.6) is 0 Å². The molecule has 0 aromatic heterocycles. The van der Waals surface area contributed by atoms with Crippen molar-refractivity contribution in [1.29, 1.82) is 0 Å². The maximum absolute atomic E-state index is 3.70. The zero-order chi connectivity index (χ0) is 11.2. The minimum atomic E-state index is 0.852. The van der Waals surface area contributed by atoms with Crippen molar-refractivity contribution < 1.29 is 0 Å². The Labute approximate surface area is 100.0 Å². The topological polar surface area (TPSA) is 27.3 Å². The van der Waals surface area contributed by atoms with Crippen molar-refractivity contribution in [2.45, 2.75) is 38.6 Å². The predicted octanol–water partition coefficient (Wildman–Crippen LogP) is 1.06. The number of hydrogen-bond acceptors (Lipinski definition) is 3. The molecular formula is C13H27N3. The number of nitrogens with zero attached hydrogens (tertiary/aromatic N) is 1. The summed E-state index contributed by atoms with van der Waals surface area (Å²) >= 11 is 0. The molecule has 1 heterocycles. The molecule has 1 aliphatic carbocycles. The van der Waals surface area contributed by atoms with Crippen LogP contribution in [0.25, 0.3) is 0 Å². The third kappa shape index (κ3) is 4.04. The molecule has 0 aromatic carbocycles. The van der Waals surface area contributed by atoms with E-state index in [4.69, 9.17) is 0 Å². The predicted molar refractivity (Wildman–Crippen MR) is 68.7 cm³/mol. The summed E-state index contributed by atoms with van der Waals surface area (Å²) in [6, 6.07) is 0.852. The van der Waals surface area contributed by atoms with E-state index >= 15 is 0 Å². The lowest BCUT2D eigenvalue weighted by Gasteiger charge is -2.19. The normalized spacial score (nSPS) is 31.3. The van der Waals surface area contributed by atoms with Crippen molar-refractivity contribution in [3.8, 4) is 0 Å². The summed E-state index contributed by atoms with van der Waals surface area (Å²) in [5.74, 6) is 0.996. The molecule has 2 unspecified atom stereocenters. The fourth-order valence-corrected chi connectivity index (χ4v) is 2.72. The first-order valence-corrected chi connectivity index (χ1v) is 7.06. The van der Waals surface area contributed by atoms with Gasteiger partial charge in [-0.2, -0.15) is 0 Å². The summed E-state index contributed by atoms with van der Waals surface area (Å²) < 4.78 is 0. The third-order valence-electron chi connectivity index (χ3n) is 3.85. The molecule has 2 rings (SSSR count). The first-order chi connectivity index (χ1) is 7.90. The van der Waals surface area contributed by atoms with Crippen LogP contribution in [-0.2, 0) is 0 Å². The standard InChI is InChI=1S/C13H27N3/c1-2-4-12-11-13(12)15-7-10-16-8-3-5-14-6-9-16/h12-15H,2-11H2,1H3. The highest BCUT2D eigenvalue weighted by atomic mass is 15.2. The van der Waals surface area contributed by atoms with Crippen LogP contribution in [0.15, 0.2) is 0 Å². The van der Waals surface area contributed by atoms with Gasteiger partial charge in [0.1, 0.15) is 0 Å². The van der Waals surface area contributed by atoms with Gasteiger partial charge < -0.3 is 15.5 Å². The lowest BCUT2D eigenvalue weighted by atomic mass is 10.2. The van der Waals surface area contributed by atoms with E-state index < -0.39 is 0 Å². The summed E-state index contributed by atoms with van der Waals surface area (Å²) in [4.78, 5) is 2.59. The van der Waals surface area contributed by atoms with Crippen molar-refractivity contribution in [2.75, 3.05) is 39.3 Å². The molecule has 0 spiro atoms. The molecule has 1 saturated carbocycles. The van der Waals surface area contributed by atoms with Crippen LogP contribution in [-0.4, -0.2) is 50.2 Å². The Bertz CT molecular complexity index is 188. The van der Waals surface area contributed by atoms with Crippen LogP contribution in [0.3, 0.4) is 0 Å². The highest BCUT2D eigenvalue weighted by molar-refractivity contribution is 4.92. The Balaban J connectivity index is 1.51. The zero-order valence-electron chi connectivity index (χ0n) is 10.7. The van der Waals surface area contributed by atoms with Gasteiger partial charge in [-0.05, 0) is 38.3 Å². The maximum atomic E-state index is 3.70. The minimum absolute atomic E-state index is 0.852. The Morgan fingerprint density at radius 1 is 1.31 bits per heavy atom. The Kier molecular flexibility index (Phi) is 5.07. The van der Waals surface area contributed by atoms with Gasteiger partial charge in [0.2, 0.25) is 0 Å². The van der Waals surface area contributed by atoms with Gasteiger partial charge in [-0.3, -0.25) is 0 Å². The van der Waals surface area contributed by atoms with Gasteiger partial charge in [-0.15, -0.1) is 0 Å². The van der Waals surface area contributed by atoms with Crippen LogP contribution >= 0.6 is 0 Å². The van der Waals surface area contributed by atoms with E-state index in [1.807, 2.05) is 0 Å². The van der Waals surface area contributed by atoms with Crippen LogP contribution in [0.4, 0.5) is 0 Å². The third-order valence-corrected chi connectivity index (χ3v) is 3.85. The number of hydrogen-bond donors (Lipinski definition) is 2. The molecule has 0 bridgehead atoms. The Hall–Kier alpha value is -0.120. The van der Waals surface area contributed by atoms with Gasteiger partial charge in [0.25, 0.3) is 0 Å². The van der Waals surface area contributed by atoms with E-state index in [1.165, 1.54) is 65.0 Å². The lowest BCUT2D eigenvalue weighted by Crippen LogP contribution is -2.35. The largest absolute Gasteiger partial charge is 0.315 e. The monoisotopic (exact) mass is 225 g/mol. The Morgan fingerprint density at radius 3 is 3.12 bits per heavy atom. The highest BCUT2D eigenvalue weighted by Crippen LogP contribution is 2.34. The van der Waals surface area contributed by atoms with E-state index in [2.05, 4.69) is 22.5 Å². The second-order valence-electron chi connectivity index (χ2n) is 5.29. The maximum Gasteiger partial charge on any atom is 0.0107 e. The summed E-state index contributed by atoms with van der Waals surface area (Å²) in [6.07, 6.45) is 5.50. The first kappa shape index (κ1) is 12.3. The molecule has 2 atom stereocenters. The van der Waals surface area contributed by atoms with Gasteiger partial charge in [0.15, 0.2) is 0 Å². The van der Waals surface area contributed by atoms with E-state index in [1.54, 1.807) is 0 Å². The van der Waals surface area contributed by atoms with E-state index in [-0.39, 0.29) is 0 Å². The molecule has 0 radical (unpaired) electrons. The van der Waals surface area contributed by atoms with Crippen LogP contribution in [0, 0.1) is 5.92 Å². The van der Waals surface area contributed by atoms with Crippen LogP contribution in [0.1, 0.15) is 32.6 Å². The molecule has 0 aromatic rings. The molecule has 1 saturated heterocycles. The van der Waals surface area contributed by atoms with Gasteiger partial charge in [-0.1, -0.05) is 13.3 Å². The fraction of sp³-hybridized carbons (Fsp3) is 1.00. The van der Waals surface area contributed by atoms with Gasteiger partial charge in [0, 0.05) is 32.2 Å². The number of rotatable bonds is 6. The smallest absolute Gasteiger partial charge is 0.0107 e.